The second kappa shape index (κ2) is 13.7. The molecule has 4 heterocycles. The molecule has 0 bridgehead atoms. The van der Waals surface area contributed by atoms with Gasteiger partial charge in [-0.15, -0.1) is 11.8 Å². The van der Waals surface area contributed by atoms with Crippen molar-refractivity contribution in [3.63, 3.8) is 0 Å². The van der Waals surface area contributed by atoms with E-state index in [2.05, 4.69) is 68.4 Å². The first-order chi connectivity index (χ1) is 23.0. The molecule has 3 atom stereocenters. The maximum atomic E-state index is 12.8. The van der Waals surface area contributed by atoms with Gasteiger partial charge in [-0.2, -0.15) is 20.1 Å². The fourth-order valence-corrected chi connectivity index (χ4v) is 7.47. The number of thioether (sulfide) groups is 1. The summed E-state index contributed by atoms with van der Waals surface area (Å²) < 4.78 is 16.0. The Labute approximate surface area is 278 Å². The minimum atomic E-state index is -0.556. The van der Waals surface area contributed by atoms with Crippen molar-refractivity contribution in [1.29, 1.82) is 0 Å². The molecule has 0 N–H and O–H groups in total. The summed E-state index contributed by atoms with van der Waals surface area (Å²) in [6, 6.07) is 26.9. The summed E-state index contributed by atoms with van der Waals surface area (Å²) in [7, 11) is 0. The number of nitrogens with zero attached hydrogens (tertiary/aromatic N) is 8. The topological polar surface area (TPSA) is 95.5 Å². The third-order valence-electron chi connectivity index (χ3n) is 9.00. The molecule has 2 fully saturated rings. The number of benzene rings is 3. The van der Waals surface area contributed by atoms with Crippen LogP contribution in [-0.4, -0.2) is 74.0 Å². The van der Waals surface area contributed by atoms with E-state index < -0.39 is 4.93 Å². The van der Waals surface area contributed by atoms with Gasteiger partial charge in [0.05, 0.1) is 24.1 Å². The fourth-order valence-electron chi connectivity index (χ4n) is 6.13. The van der Waals surface area contributed by atoms with Gasteiger partial charge in [-0.25, -0.2) is 14.0 Å². The van der Waals surface area contributed by atoms with Crippen LogP contribution >= 0.6 is 11.8 Å². The number of rotatable bonds is 11. The summed E-state index contributed by atoms with van der Waals surface area (Å²) >= 11 is 1.78. The van der Waals surface area contributed by atoms with Gasteiger partial charge in [0.2, 0.25) is 0 Å². The third kappa shape index (κ3) is 6.66. The lowest BCUT2D eigenvalue weighted by Crippen LogP contribution is -2.46. The van der Waals surface area contributed by atoms with E-state index in [1.165, 1.54) is 5.69 Å². The molecule has 11 nitrogen and oxygen atoms in total. The average molecular weight is 653 g/mol. The van der Waals surface area contributed by atoms with Crippen molar-refractivity contribution in [2.75, 3.05) is 48.3 Å². The largest absolute Gasteiger partial charge is 0.491 e. The number of hydrogen-bond donors (Lipinski definition) is 0. The summed E-state index contributed by atoms with van der Waals surface area (Å²) in [5.74, 6) is 1.66. The summed E-state index contributed by atoms with van der Waals surface area (Å²) in [6.07, 6.45) is 5.80. The lowest BCUT2D eigenvalue weighted by atomic mass is 10.1. The molecule has 47 heavy (non-hydrogen) atoms. The fraction of sp³-hybridized carbons (Fsp3) is 0.371. The summed E-state index contributed by atoms with van der Waals surface area (Å²) in [5, 5.41) is 12.9. The van der Waals surface area contributed by atoms with Gasteiger partial charge in [-0.05, 0) is 67.4 Å². The first-order valence-electron chi connectivity index (χ1n) is 16.2. The Morgan fingerprint density at radius 3 is 2.13 bits per heavy atom. The van der Waals surface area contributed by atoms with Gasteiger partial charge in [-0.3, -0.25) is 0 Å². The minimum Gasteiger partial charge on any atom is -0.491 e. The van der Waals surface area contributed by atoms with Crippen molar-refractivity contribution >= 4 is 23.1 Å². The Morgan fingerprint density at radius 2 is 1.49 bits per heavy atom. The summed E-state index contributed by atoms with van der Waals surface area (Å²) in [6.45, 7) is 8.74. The smallest absolute Gasteiger partial charge is 0.350 e. The van der Waals surface area contributed by atoms with Crippen molar-refractivity contribution in [3.8, 4) is 11.4 Å². The van der Waals surface area contributed by atoms with Crippen molar-refractivity contribution in [2.45, 2.75) is 43.9 Å². The van der Waals surface area contributed by atoms with E-state index in [0.717, 1.165) is 61.0 Å². The first-order valence-corrected chi connectivity index (χ1v) is 17.2. The van der Waals surface area contributed by atoms with Gasteiger partial charge in [0.25, 0.3) is 0 Å². The predicted octanol–water partition coefficient (Wildman–Crippen LogP) is 4.99. The average Bonchev–Trinajstić information content (AvgIpc) is 3.89. The number of anilines is 2. The number of ether oxygens (including phenoxy) is 2. The van der Waals surface area contributed by atoms with E-state index in [-0.39, 0.29) is 17.8 Å². The molecule has 2 aliphatic heterocycles. The monoisotopic (exact) mass is 652 g/mol. The molecule has 2 aliphatic rings. The molecule has 2 saturated heterocycles. The van der Waals surface area contributed by atoms with Crippen LogP contribution in [0.25, 0.3) is 5.69 Å². The molecule has 2 aromatic heterocycles. The molecule has 0 aliphatic carbocycles. The molecule has 12 heteroatoms. The van der Waals surface area contributed by atoms with E-state index in [1.807, 2.05) is 49.4 Å². The van der Waals surface area contributed by atoms with Crippen molar-refractivity contribution in [2.24, 2.45) is 0 Å². The highest BCUT2D eigenvalue weighted by molar-refractivity contribution is 8.00. The number of hydrogen-bond acceptors (Lipinski definition) is 9. The van der Waals surface area contributed by atoms with Gasteiger partial charge < -0.3 is 19.3 Å². The van der Waals surface area contributed by atoms with Gasteiger partial charge in [0.1, 0.15) is 31.3 Å². The lowest BCUT2D eigenvalue weighted by molar-refractivity contribution is -0.0419. The van der Waals surface area contributed by atoms with Crippen molar-refractivity contribution in [1.82, 2.24) is 29.3 Å². The maximum Gasteiger partial charge on any atom is 0.350 e. The highest BCUT2D eigenvalue weighted by Crippen LogP contribution is 2.46. The molecular weight excluding hydrogens is 613 g/mol. The molecule has 244 valence electrons. The Balaban J connectivity index is 0.913. The number of piperazine rings is 1. The Bertz CT molecular complexity index is 1790. The molecule has 5 aromatic rings. The molecule has 7 rings (SSSR count). The van der Waals surface area contributed by atoms with Crippen LogP contribution in [0.2, 0.25) is 0 Å². The number of aromatic nitrogens is 6. The van der Waals surface area contributed by atoms with E-state index >= 15 is 0 Å². The van der Waals surface area contributed by atoms with Crippen LogP contribution in [0.1, 0.15) is 31.9 Å². The van der Waals surface area contributed by atoms with Gasteiger partial charge >= 0.3 is 5.69 Å². The van der Waals surface area contributed by atoms with Gasteiger partial charge in [-0.1, -0.05) is 37.3 Å². The molecular formula is C35H40N8O3S. The standard InChI is InChI=1S/C35H40N8O3S/c1-3-27(2)43-34(44)41(26-38-43)31-11-9-29(10-12-31)39-19-21-40(22-20-39)30-13-15-32(16-14-30)45-23-33-24-47-35(46-33,25-42-36-17-18-37-42)28-7-5-4-6-8-28/h4-18,26-27,33H,3,19-25H2,1-2H3/t27?,33-,35+/m0/s1. The highest BCUT2D eigenvalue weighted by Gasteiger charge is 2.44. The second-order valence-electron chi connectivity index (χ2n) is 12.0. The van der Waals surface area contributed by atoms with Crippen LogP contribution in [0.3, 0.4) is 0 Å². The predicted molar refractivity (Wildman–Crippen MR) is 185 cm³/mol. The molecule has 0 amide bonds. The lowest BCUT2D eigenvalue weighted by Gasteiger charge is -2.37. The zero-order valence-electron chi connectivity index (χ0n) is 26.8. The SMILES string of the molecule is CCC(C)n1ncn(-c2ccc(N3CCN(c4ccc(OC[C@H]5CS[C@](Cn6nccn6)(c6ccccc6)O5)cc4)CC3)cc2)c1=O. The van der Waals surface area contributed by atoms with Crippen LogP contribution in [0, 0.1) is 0 Å². The molecule has 0 radical (unpaired) electrons. The van der Waals surface area contributed by atoms with Gasteiger partial charge in [0, 0.05) is 43.3 Å². The Kier molecular flexibility index (Phi) is 9.03. The third-order valence-corrected chi connectivity index (χ3v) is 10.5. The molecule has 0 spiro atoms. The summed E-state index contributed by atoms with van der Waals surface area (Å²) in [4.78, 5) is 18.7. The van der Waals surface area contributed by atoms with Crippen LogP contribution in [0.15, 0.2) is 102 Å². The second-order valence-corrected chi connectivity index (χ2v) is 13.3. The summed E-state index contributed by atoms with van der Waals surface area (Å²) in [5.41, 5.74) is 4.17. The van der Waals surface area contributed by atoms with E-state index in [4.69, 9.17) is 9.47 Å². The normalized spacial score (nSPS) is 20.4. The zero-order chi connectivity index (χ0) is 32.2. The van der Waals surface area contributed by atoms with Crippen LogP contribution in [0.4, 0.5) is 11.4 Å². The quantitative estimate of drug-likeness (QED) is 0.196. The first kappa shape index (κ1) is 31.1. The van der Waals surface area contributed by atoms with Crippen molar-refractivity contribution < 1.29 is 9.47 Å². The Hall–Kier alpha value is -4.55. The van der Waals surface area contributed by atoms with Gasteiger partial charge in [0.15, 0.2) is 4.93 Å². The van der Waals surface area contributed by atoms with E-state index in [9.17, 15) is 4.79 Å². The van der Waals surface area contributed by atoms with Crippen molar-refractivity contribution in [3.05, 3.63) is 114 Å². The molecule has 0 saturated carbocycles. The molecule has 1 unspecified atom stereocenters. The van der Waals surface area contributed by atoms with Crippen LogP contribution < -0.4 is 20.2 Å². The van der Waals surface area contributed by atoms with E-state index in [1.54, 1.807) is 44.5 Å². The Morgan fingerprint density at radius 1 is 0.872 bits per heavy atom. The highest BCUT2D eigenvalue weighted by atomic mass is 32.2. The van der Waals surface area contributed by atoms with Crippen LogP contribution in [0.5, 0.6) is 5.75 Å². The van der Waals surface area contributed by atoms with E-state index in [0.29, 0.717) is 13.2 Å². The zero-order valence-corrected chi connectivity index (χ0v) is 27.6. The maximum absolute atomic E-state index is 12.8. The van der Waals surface area contributed by atoms with Crippen LogP contribution in [-0.2, 0) is 16.2 Å². The molecule has 3 aromatic carbocycles. The minimum absolute atomic E-state index is 0.0546.